The number of carbonyl (C=O) groups is 1. The van der Waals surface area contributed by atoms with Crippen molar-refractivity contribution >= 4 is 5.91 Å². The first-order valence-electron chi connectivity index (χ1n) is 7.82. The SMILES string of the molecule is CN(CC1CC1)C[C@H]1CN(C(=O)c2ccncc2F)CCO1. The lowest BCUT2D eigenvalue weighted by Crippen LogP contribution is -2.49. The van der Waals surface area contributed by atoms with Crippen LogP contribution >= 0.6 is 0 Å². The van der Waals surface area contributed by atoms with Crippen LogP contribution in [-0.4, -0.2) is 66.6 Å². The van der Waals surface area contributed by atoms with Crippen LogP contribution < -0.4 is 0 Å². The van der Waals surface area contributed by atoms with E-state index in [0.717, 1.165) is 25.2 Å². The smallest absolute Gasteiger partial charge is 0.257 e. The number of nitrogens with zero attached hydrogens (tertiary/aromatic N) is 3. The molecule has 1 saturated heterocycles. The fourth-order valence-corrected chi connectivity index (χ4v) is 2.90. The standard InChI is InChI=1S/C16H22FN3O2/c1-19(9-12-2-3-12)10-13-11-20(6-7-22-13)16(21)14-4-5-18-8-15(14)17/h4-5,8,12-13H,2-3,6-7,9-11H2,1H3/t13-/m0/s1. The summed E-state index contributed by atoms with van der Waals surface area (Å²) in [5, 5.41) is 0. The molecule has 0 bridgehead atoms. The molecule has 2 heterocycles. The molecule has 0 radical (unpaired) electrons. The van der Waals surface area contributed by atoms with E-state index in [-0.39, 0.29) is 17.6 Å². The summed E-state index contributed by atoms with van der Waals surface area (Å²) in [6.45, 7) is 3.41. The molecule has 22 heavy (non-hydrogen) atoms. The van der Waals surface area contributed by atoms with Gasteiger partial charge in [-0.2, -0.15) is 0 Å². The number of rotatable bonds is 5. The van der Waals surface area contributed by atoms with Crippen molar-refractivity contribution in [2.24, 2.45) is 5.92 Å². The van der Waals surface area contributed by atoms with Gasteiger partial charge in [-0.15, -0.1) is 0 Å². The van der Waals surface area contributed by atoms with Gasteiger partial charge in [-0.1, -0.05) is 0 Å². The Hall–Kier alpha value is -1.53. The fraction of sp³-hybridized carbons (Fsp3) is 0.625. The van der Waals surface area contributed by atoms with E-state index < -0.39 is 5.82 Å². The van der Waals surface area contributed by atoms with Crippen molar-refractivity contribution in [2.45, 2.75) is 18.9 Å². The van der Waals surface area contributed by atoms with E-state index in [0.29, 0.717) is 19.7 Å². The highest BCUT2D eigenvalue weighted by Crippen LogP contribution is 2.29. The molecular weight excluding hydrogens is 285 g/mol. The first-order valence-corrected chi connectivity index (χ1v) is 7.82. The summed E-state index contributed by atoms with van der Waals surface area (Å²) in [6.07, 6.45) is 5.15. The molecular formula is C16H22FN3O2. The van der Waals surface area contributed by atoms with Gasteiger partial charge in [0.05, 0.1) is 24.5 Å². The zero-order chi connectivity index (χ0) is 15.5. The summed E-state index contributed by atoms with van der Waals surface area (Å²) in [5.41, 5.74) is 0.0852. The Morgan fingerprint density at radius 3 is 3.05 bits per heavy atom. The number of pyridine rings is 1. The quantitative estimate of drug-likeness (QED) is 0.825. The molecule has 1 amide bonds. The Kier molecular flexibility index (Phi) is 4.69. The Bertz CT molecular complexity index is 536. The van der Waals surface area contributed by atoms with Crippen molar-refractivity contribution in [3.05, 3.63) is 29.8 Å². The van der Waals surface area contributed by atoms with E-state index in [1.807, 2.05) is 0 Å². The summed E-state index contributed by atoms with van der Waals surface area (Å²) in [6, 6.07) is 1.43. The molecule has 1 aliphatic heterocycles. The van der Waals surface area contributed by atoms with E-state index in [1.54, 1.807) is 4.90 Å². The van der Waals surface area contributed by atoms with Crippen LogP contribution in [0.3, 0.4) is 0 Å². The highest BCUT2D eigenvalue weighted by Gasteiger charge is 2.29. The number of ether oxygens (including phenoxy) is 1. The minimum atomic E-state index is -0.568. The third-order valence-corrected chi connectivity index (χ3v) is 4.21. The molecule has 1 saturated carbocycles. The Morgan fingerprint density at radius 2 is 2.32 bits per heavy atom. The van der Waals surface area contributed by atoms with Crippen molar-refractivity contribution in [1.82, 2.24) is 14.8 Å². The Morgan fingerprint density at radius 1 is 1.50 bits per heavy atom. The average molecular weight is 307 g/mol. The number of aromatic nitrogens is 1. The summed E-state index contributed by atoms with van der Waals surface area (Å²) in [7, 11) is 2.09. The minimum absolute atomic E-state index is 0.00801. The van der Waals surface area contributed by atoms with Crippen LogP contribution in [0.1, 0.15) is 23.2 Å². The highest BCUT2D eigenvalue weighted by molar-refractivity contribution is 5.94. The van der Waals surface area contributed by atoms with Crippen molar-refractivity contribution < 1.29 is 13.9 Å². The molecule has 0 spiro atoms. The van der Waals surface area contributed by atoms with Crippen LogP contribution in [0.25, 0.3) is 0 Å². The van der Waals surface area contributed by atoms with E-state index in [9.17, 15) is 9.18 Å². The van der Waals surface area contributed by atoms with Crippen molar-refractivity contribution in [3.63, 3.8) is 0 Å². The number of hydrogen-bond donors (Lipinski definition) is 0. The third-order valence-electron chi connectivity index (χ3n) is 4.21. The van der Waals surface area contributed by atoms with Crippen molar-refractivity contribution in [1.29, 1.82) is 0 Å². The Labute approximate surface area is 130 Å². The van der Waals surface area contributed by atoms with Gasteiger partial charge in [-0.05, 0) is 31.9 Å². The predicted octanol–water partition coefficient (Wildman–Crippen LogP) is 1.40. The largest absolute Gasteiger partial charge is 0.373 e. The van der Waals surface area contributed by atoms with Gasteiger partial charge in [-0.25, -0.2) is 4.39 Å². The molecule has 120 valence electrons. The van der Waals surface area contributed by atoms with Crippen LogP contribution in [-0.2, 0) is 4.74 Å². The summed E-state index contributed by atoms with van der Waals surface area (Å²) >= 11 is 0. The molecule has 0 unspecified atom stereocenters. The lowest BCUT2D eigenvalue weighted by atomic mass is 10.2. The van der Waals surface area contributed by atoms with Gasteiger partial charge < -0.3 is 14.5 Å². The lowest BCUT2D eigenvalue weighted by molar-refractivity contribution is -0.0335. The van der Waals surface area contributed by atoms with Crippen molar-refractivity contribution in [2.75, 3.05) is 39.8 Å². The molecule has 1 aliphatic carbocycles. The van der Waals surface area contributed by atoms with Crippen LogP contribution in [0.2, 0.25) is 0 Å². The first kappa shape index (κ1) is 15.4. The van der Waals surface area contributed by atoms with Crippen LogP contribution in [0.15, 0.2) is 18.5 Å². The zero-order valence-electron chi connectivity index (χ0n) is 12.9. The lowest BCUT2D eigenvalue weighted by Gasteiger charge is -2.35. The molecule has 6 heteroatoms. The highest BCUT2D eigenvalue weighted by atomic mass is 19.1. The second-order valence-corrected chi connectivity index (χ2v) is 6.26. The van der Waals surface area contributed by atoms with Gasteiger partial charge in [0.2, 0.25) is 0 Å². The zero-order valence-corrected chi connectivity index (χ0v) is 12.9. The van der Waals surface area contributed by atoms with E-state index in [4.69, 9.17) is 4.74 Å². The maximum Gasteiger partial charge on any atom is 0.257 e. The van der Waals surface area contributed by atoms with Gasteiger partial charge in [0.1, 0.15) is 0 Å². The molecule has 0 N–H and O–H groups in total. The summed E-state index contributed by atoms with van der Waals surface area (Å²) < 4.78 is 19.5. The summed E-state index contributed by atoms with van der Waals surface area (Å²) in [4.78, 5) is 20.1. The molecule has 1 aromatic heterocycles. The van der Waals surface area contributed by atoms with Gasteiger partial charge in [0.25, 0.3) is 5.91 Å². The molecule has 3 rings (SSSR count). The van der Waals surface area contributed by atoms with Gasteiger partial charge in [0.15, 0.2) is 5.82 Å². The maximum absolute atomic E-state index is 13.7. The van der Waals surface area contributed by atoms with Gasteiger partial charge in [0, 0.05) is 32.4 Å². The van der Waals surface area contributed by atoms with Crippen LogP contribution in [0, 0.1) is 11.7 Å². The first-order chi connectivity index (χ1) is 10.6. The topological polar surface area (TPSA) is 45.7 Å². The van der Waals surface area contributed by atoms with Crippen LogP contribution in [0.4, 0.5) is 4.39 Å². The third kappa shape index (κ3) is 3.81. The molecule has 5 nitrogen and oxygen atoms in total. The van der Waals surface area contributed by atoms with E-state index in [1.165, 1.54) is 25.1 Å². The second kappa shape index (κ2) is 6.71. The van der Waals surface area contributed by atoms with Gasteiger partial charge >= 0.3 is 0 Å². The van der Waals surface area contributed by atoms with E-state index >= 15 is 0 Å². The number of likely N-dealkylation sites (N-methyl/N-ethyl adjacent to an activating group) is 1. The second-order valence-electron chi connectivity index (χ2n) is 6.26. The molecule has 2 fully saturated rings. The predicted molar refractivity (Wildman–Crippen MR) is 80.1 cm³/mol. The number of hydrogen-bond acceptors (Lipinski definition) is 4. The number of morpholine rings is 1. The number of carbonyl (C=O) groups excluding carboxylic acids is 1. The Balaban J connectivity index is 1.57. The van der Waals surface area contributed by atoms with Crippen molar-refractivity contribution in [3.8, 4) is 0 Å². The number of halogens is 1. The molecule has 1 atom stereocenters. The molecule has 0 aromatic carbocycles. The monoisotopic (exact) mass is 307 g/mol. The minimum Gasteiger partial charge on any atom is -0.373 e. The molecule has 1 aromatic rings. The summed E-state index contributed by atoms with van der Waals surface area (Å²) in [5.74, 6) is -0.0170. The average Bonchev–Trinajstić information content (AvgIpc) is 3.31. The van der Waals surface area contributed by atoms with E-state index in [2.05, 4.69) is 16.9 Å². The fourth-order valence-electron chi connectivity index (χ4n) is 2.90. The van der Waals surface area contributed by atoms with Gasteiger partial charge in [-0.3, -0.25) is 9.78 Å². The molecule has 2 aliphatic rings. The van der Waals surface area contributed by atoms with Crippen LogP contribution in [0.5, 0.6) is 0 Å². The normalized spacial score (nSPS) is 22.1. The maximum atomic E-state index is 13.7. The number of amides is 1.